The SMILES string of the molecule is CC(=O)C12CCC3(CC1)[C@@H]1CCC4C=CC(C)=C=C4[C@H]1CC[C@]23C. The average molecular weight is 322 g/mol. The van der Waals surface area contributed by atoms with Crippen molar-refractivity contribution in [2.45, 2.75) is 72.1 Å². The van der Waals surface area contributed by atoms with Crippen LogP contribution in [-0.2, 0) is 4.79 Å². The predicted octanol–water partition coefficient (Wildman–Crippen LogP) is 5.62. The quantitative estimate of drug-likeness (QED) is 0.573. The first kappa shape index (κ1) is 15.2. The molecule has 4 saturated carbocycles. The van der Waals surface area contributed by atoms with Gasteiger partial charge in [-0.1, -0.05) is 19.1 Å². The first-order valence-electron chi connectivity index (χ1n) is 10.1. The van der Waals surface area contributed by atoms with Crippen LogP contribution in [0.15, 0.2) is 29.0 Å². The Hall–Kier alpha value is -1.07. The molecular formula is C23H30O. The van der Waals surface area contributed by atoms with Crippen molar-refractivity contribution in [2.24, 2.45) is 34.0 Å². The highest BCUT2D eigenvalue weighted by Crippen LogP contribution is 2.80. The molecule has 0 aromatic rings. The molecule has 1 heteroatoms. The Labute approximate surface area is 146 Å². The maximum absolute atomic E-state index is 12.7. The monoisotopic (exact) mass is 322 g/mol. The molecule has 0 spiro atoms. The summed E-state index contributed by atoms with van der Waals surface area (Å²) in [5.41, 5.74) is 7.43. The fraction of sp³-hybridized carbons (Fsp3) is 0.739. The maximum atomic E-state index is 12.7. The Balaban J connectivity index is 1.61. The largest absolute Gasteiger partial charge is 0.299 e. The van der Waals surface area contributed by atoms with Gasteiger partial charge in [-0.25, -0.2) is 0 Å². The number of carbonyl (C=O) groups is 1. The van der Waals surface area contributed by atoms with Crippen molar-refractivity contribution < 1.29 is 4.79 Å². The van der Waals surface area contributed by atoms with Crippen molar-refractivity contribution in [3.63, 3.8) is 0 Å². The second-order valence-electron chi connectivity index (χ2n) is 9.68. The van der Waals surface area contributed by atoms with E-state index in [1.54, 1.807) is 5.57 Å². The smallest absolute Gasteiger partial charge is 0.136 e. The van der Waals surface area contributed by atoms with Gasteiger partial charge in [-0.15, -0.1) is 5.73 Å². The lowest BCUT2D eigenvalue weighted by Crippen LogP contribution is -2.52. The summed E-state index contributed by atoms with van der Waals surface area (Å²) in [7, 11) is 0. The highest BCUT2D eigenvalue weighted by atomic mass is 16.1. The molecule has 5 rings (SSSR count). The van der Waals surface area contributed by atoms with Crippen molar-refractivity contribution in [3.8, 4) is 0 Å². The van der Waals surface area contributed by atoms with Gasteiger partial charge >= 0.3 is 0 Å². The van der Waals surface area contributed by atoms with Crippen LogP contribution in [0.3, 0.4) is 0 Å². The van der Waals surface area contributed by atoms with E-state index in [4.69, 9.17) is 0 Å². The fourth-order valence-electron chi connectivity index (χ4n) is 8.30. The highest BCUT2D eigenvalue weighted by molar-refractivity contribution is 5.84. The summed E-state index contributed by atoms with van der Waals surface area (Å²) in [6.07, 6.45) is 14.9. The molecule has 0 heterocycles. The number of allylic oxidation sites excluding steroid dienone is 3. The Bertz CT molecular complexity index is 708. The molecule has 5 aliphatic rings. The molecule has 0 aromatic carbocycles. The van der Waals surface area contributed by atoms with Gasteiger partial charge in [0.25, 0.3) is 0 Å². The zero-order chi connectivity index (χ0) is 16.7. The number of hydrogen-bond acceptors (Lipinski definition) is 1. The topological polar surface area (TPSA) is 17.1 Å². The van der Waals surface area contributed by atoms with Crippen molar-refractivity contribution in [3.05, 3.63) is 29.0 Å². The molecule has 1 unspecified atom stereocenters. The van der Waals surface area contributed by atoms with Crippen LogP contribution in [0.1, 0.15) is 72.1 Å². The van der Waals surface area contributed by atoms with Gasteiger partial charge in [0.15, 0.2) is 0 Å². The summed E-state index contributed by atoms with van der Waals surface area (Å²) in [6.45, 7) is 6.59. The van der Waals surface area contributed by atoms with Gasteiger partial charge in [-0.05, 0) is 99.0 Å². The minimum Gasteiger partial charge on any atom is -0.299 e. The van der Waals surface area contributed by atoms with E-state index in [1.807, 2.05) is 6.92 Å². The molecule has 0 saturated heterocycles. The summed E-state index contributed by atoms with van der Waals surface area (Å²) < 4.78 is 0. The van der Waals surface area contributed by atoms with Crippen LogP contribution in [0.5, 0.6) is 0 Å². The Morgan fingerprint density at radius 2 is 1.88 bits per heavy atom. The second kappa shape index (κ2) is 4.55. The molecule has 0 N–H and O–H groups in total. The predicted molar refractivity (Wildman–Crippen MR) is 96.4 cm³/mol. The van der Waals surface area contributed by atoms with Gasteiger partial charge in [0.2, 0.25) is 0 Å². The van der Waals surface area contributed by atoms with Crippen LogP contribution in [0.25, 0.3) is 0 Å². The van der Waals surface area contributed by atoms with Crippen molar-refractivity contribution in [1.82, 2.24) is 0 Å². The molecule has 0 radical (unpaired) electrons. The van der Waals surface area contributed by atoms with E-state index < -0.39 is 0 Å². The van der Waals surface area contributed by atoms with Crippen molar-refractivity contribution in [1.29, 1.82) is 0 Å². The molecule has 0 aliphatic heterocycles. The van der Waals surface area contributed by atoms with Crippen molar-refractivity contribution >= 4 is 5.78 Å². The van der Waals surface area contributed by atoms with Gasteiger partial charge in [-0.3, -0.25) is 4.79 Å². The third-order valence-corrected chi connectivity index (χ3v) is 9.48. The van der Waals surface area contributed by atoms with E-state index in [0.29, 0.717) is 17.1 Å². The minimum absolute atomic E-state index is 0.0153. The van der Waals surface area contributed by atoms with E-state index in [-0.39, 0.29) is 10.8 Å². The van der Waals surface area contributed by atoms with Gasteiger partial charge in [0, 0.05) is 11.3 Å². The fourth-order valence-corrected chi connectivity index (χ4v) is 8.30. The van der Waals surface area contributed by atoms with E-state index in [9.17, 15) is 4.79 Å². The minimum atomic E-state index is 0.0153. The molecule has 24 heavy (non-hydrogen) atoms. The van der Waals surface area contributed by atoms with E-state index in [1.165, 1.54) is 56.9 Å². The number of fused-ring (bicyclic) bond motifs is 3. The second-order valence-corrected chi connectivity index (χ2v) is 9.68. The lowest BCUT2D eigenvalue weighted by atomic mass is 9.46. The first-order chi connectivity index (χ1) is 11.4. The zero-order valence-corrected chi connectivity index (χ0v) is 15.5. The van der Waals surface area contributed by atoms with Crippen LogP contribution in [0.4, 0.5) is 0 Å². The van der Waals surface area contributed by atoms with Crippen molar-refractivity contribution in [2.75, 3.05) is 0 Å². The number of hydrogen-bond donors (Lipinski definition) is 0. The first-order valence-corrected chi connectivity index (χ1v) is 10.1. The molecule has 2 bridgehead atoms. The van der Waals surface area contributed by atoms with E-state index >= 15 is 0 Å². The molecule has 1 nitrogen and oxygen atoms in total. The Kier molecular flexibility index (Phi) is 2.89. The average Bonchev–Trinajstić information content (AvgIpc) is 3.00. The molecule has 4 atom stereocenters. The highest BCUT2D eigenvalue weighted by Gasteiger charge is 2.74. The van der Waals surface area contributed by atoms with Crippen LogP contribution >= 0.6 is 0 Å². The van der Waals surface area contributed by atoms with Gasteiger partial charge in [0.1, 0.15) is 5.78 Å². The summed E-state index contributed by atoms with van der Waals surface area (Å²) in [4.78, 5) is 12.7. The molecule has 4 fully saturated rings. The molecular weight excluding hydrogens is 292 g/mol. The standard InChI is InChI=1S/C23H30O/c1-15-4-5-17-6-7-20-18(19(17)14-15)8-9-21(3)22(16(2)24)10-12-23(20,21)13-11-22/h4-5,17-18,20H,6-13H2,1-3H3/t17?,18-,20-,21-,22?,23?/m1/s1. The number of rotatable bonds is 1. The number of Topliss-reactive ketones (excluding diaryl/α,β-unsaturated/α-hetero) is 1. The van der Waals surface area contributed by atoms with Gasteiger partial charge < -0.3 is 0 Å². The lowest BCUT2D eigenvalue weighted by molar-refractivity contribution is -0.137. The molecule has 128 valence electrons. The molecule has 0 amide bonds. The van der Waals surface area contributed by atoms with Crippen LogP contribution in [-0.4, -0.2) is 5.78 Å². The van der Waals surface area contributed by atoms with Crippen LogP contribution in [0, 0.1) is 34.0 Å². The molecule has 0 aromatic heterocycles. The third kappa shape index (κ3) is 1.48. The Morgan fingerprint density at radius 1 is 1.12 bits per heavy atom. The lowest BCUT2D eigenvalue weighted by Gasteiger charge is -2.58. The summed E-state index contributed by atoms with van der Waals surface area (Å²) >= 11 is 0. The number of ketones is 1. The summed E-state index contributed by atoms with van der Waals surface area (Å²) in [5.74, 6) is 2.68. The van der Waals surface area contributed by atoms with E-state index in [0.717, 1.165) is 11.8 Å². The van der Waals surface area contributed by atoms with Crippen LogP contribution in [0.2, 0.25) is 0 Å². The van der Waals surface area contributed by atoms with Gasteiger partial charge in [0.05, 0.1) is 0 Å². The molecule has 5 aliphatic carbocycles. The normalized spacial score (nSPS) is 51.4. The van der Waals surface area contributed by atoms with Crippen LogP contribution < -0.4 is 0 Å². The Morgan fingerprint density at radius 3 is 2.58 bits per heavy atom. The third-order valence-electron chi connectivity index (χ3n) is 9.48. The summed E-state index contributed by atoms with van der Waals surface area (Å²) in [6, 6.07) is 0. The number of carbonyl (C=O) groups excluding carboxylic acids is 1. The summed E-state index contributed by atoms with van der Waals surface area (Å²) in [5, 5.41) is 0. The zero-order valence-electron chi connectivity index (χ0n) is 15.5. The van der Waals surface area contributed by atoms with E-state index in [2.05, 4.69) is 31.7 Å². The maximum Gasteiger partial charge on any atom is 0.136 e. The van der Waals surface area contributed by atoms with Gasteiger partial charge in [-0.2, -0.15) is 0 Å².